The molecule has 0 aromatic carbocycles. The van der Waals surface area contributed by atoms with Gasteiger partial charge in [-0.15, -0.1) is 0 Å². The Bertz CT molecular complexity index is 1410. The van der Waals surface area contributed by atoms with Crippen molar-refractivity contribution in [1.82, 2.24) is 20.6 Å². The Balaban J connectivity index is 1.81. The van der Waals surface area contributed by atoms with Crippen LogP contribution in [-0.2, 0) is 0 Å². The van der Waals surface area contributed by atoms with E-state index in [1.54, 1.807) is 0 Å². The van der Waals surface area contributed by atoms with E-state index in [2.05, 4.69) is 100 Å². The number of aromatic nitrogens is 2. The molecule has 5 heterocycles. The molecule has 3 aliphatic heterocycles. The third-order valence-electron chi connectivity index (χ3n) is 8.57. The van der Waals surface area contributed by atoms with Crippen LogP contribution in [0.4, 0.5) is 0 Å². The average Bonchev–Trinajstić information content (AvgIpc) is 3.39. The molecule has 4 N–H and O–H groups in total. The zero-order valence-corrected chi connectivity index (χ0v) is 21.7. The summed E-state index contributed by atoms with van der Waals surface area (Å²) in [7, 11) is 0. The molecule has 2 aromatic heterocycles. The van der Waals surface area contributed by atoms with E-state index in [1.165, 1.54) is 22.3 Å². The quantitative estimate of drug-likeness (QED) is 0.483. The monoisotopic (exact) mass is 455 g/mol. The van der Waals surface area contributed by atoms with Crippen molar-refractivity contribution in [2.24, 2.45) is 10.8 Å². The smallest absolute Gasteiger partial charge is 0.0982 e. The van der Waals surface area contributed by atoms with Crippen LogP contribution >= 0.6 is 0 Å². The molecule has 0 spiro atoms. The van der Waals surface area contributed by atoms with E-state index in [4.69, 9.17) is 0 Å². The lowest BCUT2D eigenvalue weighted by Crippen LogP contribution is -2.35. The second kappa shape index (κ2) is 7.52. The minimum Gasteiger partial charge on any atom is -0.361 e. The number of nitrogens with one attached hydrogen (secondary N) is 4. The van der Waals surface area contributed by atoms with Crippen molar-refractivity contribution in [2.75, 3.05) is 0 Å². The van der Waals surface area contributed by atoms with Crippen LogP contribution in [0.2, 0.25) is 0 Å². The van der Waals surface area contributed by atoms with Gasteiger partial charge in [0.05, 0.1) is 11.6 Å². The molecule has 2 fully saturated rings. The molecule has 5 nitrogen and oxygen atoms in total. The largest absolute Gasteiger partial charge is 0.361 e. The lowest BCUT2D eigenvalue weighted by atomic mass is 9.82. The number of hydrogen-bond donors (Lipinski definition) is 4. The Morgan fingerprint density at radius 3 is 2.21 bits per heavy atom. The highest BCUT2D eigenvalue weighted by Crippen LogP contribution is 2.43. The first-order chi connectivity index (χ1) is 15.9. The van der Waals surface area contributed by atoms with Crippen molar-refractivity contribution in [2.45, 2.75) is 80.3 Å². The number of rotatable bonds is 0. The van der Waals surface area contributed by atoms with E-state index >= 15 is 0 Å². The Morgan fingerprint density at radius 2 is 1.53 bits per heavy atom. The van der Waals surface area contributed by atoms with Crippen LogP contribution in [0.3, 0.4) is 0 Å². The molecule has 0 amide bonds. The summed E-state index contributed by atoms with van der Waals surface area (Å²) in [6, 6.07) is 2.78. The molecule has 8 bridgehead atoms. The van der Waals surface area contributed by atoms with E-state index in [-0.39, 0.29) is 22.9 Å². The summed E-state index contributed by atoms with van der Waals surface area (Å²) >= 11 is 0. The first kappa shape index (κ1) is 22.8. The number of fused-ring (bicyclic) bond motifs is 8. The molecule has 5 rings (SSSR count). The molecule has 178 valence electrons. The number of allylic oxidation sites excluding steroid dienone is 2. The van der Waals surface area contributed by atoms with Gasteiger partial charge >= 0.3 is 0 Å². The minimum absolute atomic E-state index is 0.0328. The molecule has 0 saturated carbocycles. The van der Waals surface area contributed by atoms with Gasteiger partial charge in [-0.1, -0.05) is 27.7 Å². The molecule has 34 heavy (non-hydrogen) atoms. The molecule has 2 aromatic rings. The number of aromatic amines is 2. The van der Waals surface area contributed by atoms with E-state index in [0.717, 1.165) is 51.9 Å². The molecule has 2 atom stereocenters. The third-order valence-corrected chi connectivity index (χ3v) is 8.57. The summed E-state index contributed by atoms with van der Waals surface area (Å²) in [5, 5.41) is 20.0. The Hall–Kier alpha value is -2.97. The summed E-state index contributed by atoms with van der Waals surface area (Å²) in [5.41, 5.74) is 10.4. The van der Waals surface area contributed by atoms with Crippen LogP contribution < -0.4 is 21.3 Å². The van der Waals surface area contributed by atoms with Crippen molar-refractivity contribution in [3.05, 3.63) is 61.3 Å². The van der Waals surface area contributed by atoms with Crippen molar-refractivity contribution in [3.63, 3.8) is 0 Å². The average molecular weight is 456 g/mol. The molecular weight excluding hydrogens is 418 g/mol. The van der Waals surface area contributed by atoms with Gasteiger partial charge < -0.3 is 20.6 Å². The van der Waals surface area contributed by atoms with Gasteiger partial charge in [0.1, 0.15) is 0 Å². The van der Waals surface area contributed by atoms with Gasteiger partial charge in [0.2, 0.25) is 0 Å². The fourth-order valence-corrected chi connectivity index (χ4v) is 5.80. The zero-order valence-electron chi connectivity index (χ0n) is 21.7. The SMILES string of the molecule is Cc1c2[nH]c(c1C)/C=c1\[nH]/c(c(C)c1C)=C\C1NC(CC1(C)C)/C(C#N)=C1/CC(C)(C)/C(=C/2)N1. The van der Waals surface area contributed by atoms with Crippen LogP contribution in [0.15, 0.2) is 17.0 Å². The van der Waals surface area contributed by atoms with Crippen LogP contribution in [0.1, 0.15) is 74.2 Å². The summed E-state index contributed by atoms with van der Waals surface area (Å²) in [6.07, 6.45) is 8.59. The topological polar surface area (TPSA) is 79.4 Å². The molecule has 2 saturated heterocycles. The first-order valence-corrected chi connectivity index (χ1v) is 12.4. The summed E-state index contributed by atoms with van der Waals surface area (Å²) in [5.74, 6) is 0. The van der Waals surface area contributed by atoms with E-state index in [0.29, 0.717) is 0 Å². The predicted octanol–water partition coefficient (Wildman–Crippen LogP) is 4.09. The number of nitriles is 1. The standard InChI is InChI=1S/C29H37N5/c1-15-17(3)22-10-26-28(5,6)12-24(33-26)19(14-30)25-13-29(7,8)27(34-25)11-23-18(4)16(2)21(32-23)9-20(15)31-22/h9-11,24,26,31-34H,12-13H2,1-8H3/b20-9-,22-10-,25-19-,27-11-. The van der Waals surface area contributed by atoms with Gasteiger partial charge in [-0.3, -0.25) is 0 Å². The van der Waals surface area contributed by atoms with Gasteiger partial charge in [0.25, 0.3) is 0 Å². The van der Waals surface area contributed by atoms with E-state index in [1.807, 2.05) is 0 Å². The molecule has 0 radical (unpaired) electrons. The van der Waals surface area contributed by atoms with Gasteiger partial charge in [0, 0.05) is 51.0 Å². The van der Waals surface area contributed by atoms with Gasteiger partial charge in [-0.05, 0) is 86.4 Å². The molecule has 5 heteroatoms. The Labute approximate surface area is 202 Å². The fourth-order valence-electron chi connectivity index (χ4n) is 5.80. The summed E-state index contributed by atoms with van der Waals surface area (Å²) in [4.78, 5) is 7.36. The lowest BCUT2D eigenvalue weighted by Gasteiger charge is -2.23. The molecular formula is C29H37N5. The van der Waals surface area contributed by atoms with Gasteiger partial charge in [-0.2, -0.15) is 5.26 Å². The van der Waals surface area contributed by atoms with Crippen LogP contribution in [0, 0.1) is 49.9 Å². The minimum atomic E-state index is -0.0674. The van der Waals surface area contributed by atoms with Crippen LogP contribution in [0.25, 0.3) is 18.2 Å². The van der Waals surface area contributed by atoms with Crippen molar-refractivity contribution in [1.29, 1.82) is 5.26 Å². The predicted molar refractivity (Wildman–Crippen MR) is 139 cm³/mol. The first-order valence-electron chi connectivity index (χ1n) is 12.4. The van der Waals surface area contributed by atoms with Crippen molar-refractivity contribution < 1.29 is 0 Å². The molecule has 0 aliphatic carbocycles. The number of nitrogens with zero attached hydrogens (tertiary/aromatic N) is 1. The third kappa shape index (κ3) is 3.47. The normalized spacial score (nSPS) is 30.4. The highest BCUT2D eigenvalue weighted by molar-refractivity contribution is 5.64. The number of H-pyrrole nitrogens is 2. The highest BCUT2D eigenvalue weighted by Gasteiger charge is 2.43. The van der Waals surface area contributed by atoms with E-state index < -0.39 is 0 Å². The maximum atomic E-state index is 10.2. The van der Waals surface area contributed by atoms with Crippen molar-refractivity contribution in [3.8, 4) is 6.07 Å². The fraction of sp³-hybridized carbons (Fsp3) is 0.483. The van der Waals surface area contributed by atoms with Crippen LogP contribution in [0.5, 0.6) is 0 Å². The zero-order chi connectivity index (χ0) is 24.6. The van der Waals surface area contributed by atoms with E-state index in [9.17, 15) is 5.26 Å². The lowest BCUT2D eigenvalue weighted by molar-refractivity contribution is 0.367. The maximum absolute atomic E-state index is 10.2. The van der Waals surface area contributed by atoms with Crippen molar-refractivity contribution >= 4 is 18.2 Å². The summed E-state index contributed by atoms with van der Waals surface area (Å²) in [6.45, 7) is 17.9. The number of hydrogen-bond acceptors (Lipinski definition) is 3. The summed E-state index contributed by atoms with van der Waals surface area (Å²) < 4.78 is 0. The molecule has 2 unspecified atom stereocenters. The second-order valence-corrected chi connectivity index (χ2v) is 11.9. The van der Waals surface area contributed by atoms with Crippen LogP contribution in [-0.4, -0.2) is 22.1 Å². The Morgan fingerprint density at radius 1 is 0.882 bits per heavy atom. The van der Waals surface area contributed by atoms with Gasteiger partial charge in [-0.25, -0.2) is 0 Å². The maximum Gasteiger partial charge on any atom is 0.0982 e. The second-order valence-electron chi connectivity index (χ2n) is 11.9. The van der Waals surface area contributed by atoms with Gasteiger partial charge in [0.15, 0.2) is 0 Å². The molecule has 3 aliphatic rings. The Kier molecular flexibility index (Phi) is 5.04. The highest BCUT2D eigenvalue weighted by atomic mass is 15.0.